The van der Waals surface area contributed by atoms with Gasteiger partial charge in [0.25, 0.3) is 5.88 Å². The summed E-state index contributed by atoms with van der Waals surface area (Å²) in [4.78, 5) is 8.04. The Morgan fingerprint density at radius 2 is 2.14 bits per heavy atom. The minimum Gasteiger partial charge on any atom is -0.504 e. The molecule has 0 aliphatic carbocycles. The Morgan fingerprint density at radius 1 is 1.33 bits per heavy atom. The van der Waals surface area contributed by atoms with Crippen molar-refractivity contribution in [3.8, 4) is 17.4 Å². The van der Waals surface area contributed by atoms with Gasteiger partial charge in [0.15, 0.2) is 11.5 Å². The summed E-state index contributed by atoms with van der Waals surface area (Å²) in [6, 6.07) is 5.18. The maximum absolute atomic E-state index is 10.0. The number of aromatic hydroxyl groups is 1. The van der Waals surface area contributed by atoms with E-state index in [1.807, 2.05) is 6.92 Å². The molecule has 2 N–H and O–H groups in total. The van der Waals surface area contributed by atoms with E-state index < -0.39 is 0 Å². The summed E-state index contributed by atoms with van der Waals surface area (Å²) < 4.78 is 10.3. The van der Waals surface area contributed by atoms with Crippen molar-refractivity contribution in [3.63, 3.8) is 0 Å². The van der Waals surface area contributed by atoms with E-state index in [0.717, 1.165) is 0 Å². The van der Waals surface area contributed by atoms with Gasteiger partial charge in [-0.25, -0.2) is 9.97 Å². The first-order valence-corrected chi connectivity index (χ1v) is 6.35. The number of hydrogen-bond donors (Lipinski definition) is 2. The molecule has 21 heavy (non-hydrogen) atoms. The molecule has 1 aromatic heterocycles. The number of benzene rings is 1. The summed E-state index contributed by atoms with van der Waals surface area (Å²) in [7, 11) is 1.50. The molecule has 0 radical (unpaired) electrons. The van der Waals surface area contributed by atoms with E-state index in [1.54, 1.807) is 18.2 Å². The molecule has 0 unspecified atom stereocenters. The van der Waals surface area contributed by atoms with Crippen LogP contribution in [0.3, 0.4) is 0 Å². The lowest BCUT2D eigenvalue weighted by molar-refractivity contribution is 0.318. The molecule has 0 atom stereocenters. The van der Waals surface area contributed by atoms with Gasteiger partial charge in [0.05, 0.1) is 19.9 Å². The molecule has 110 valence electrons. The maximum atomic E-state index is 10.0. The molecule has 0 saturated heterocycles. The first-order chi connectivity index (χ1) is 10.3. The molecule has 7 heteroatoms. The Balaban J connectivity index is 2.13. The Bertz CT molecular complexity index is 631. The Hall–Kier alpha value is -2.83. The van der Waals surface area contributed by atoms with Gasteiger partial charge in [0.2, 0.25) is 5.82 Å². The van der Waals surface area contributed by atoms with E-state index in [4.69, 9.17) is 9.47 Å². The van der Waals surface area contributed by atoms with Crippen molar-refractivity contribution < 1.29 is 14.6 Å². The first kappa shape index (κ1) is 14.6. The van der Waals surface area contributed by atoms with Crippen LogP contribution in [-0.4, -0.2) is 35.0 Å². The SMILES string of the molecule is CCOc1cccc(/C=N/Nc2nccnc2OC)c1O. The Labute approximate surface area is 122 Å². The fraction of sp³-hybridized carbons (Fsp3) is 0.214. The highest BCUT2D eigenvalue weighted by molar-refractivity contribution is 5.85. The second kappa shape index (κ2) is 7.09. The topological polar surface area (TPSA) is 88.9 Å². The summed E-state index contributed by atoms with van der Waals surface area (Å²) in [6.45, 7) is 2.32. The zero-order valence-corrected chi connectivity index (χ0v) is 11.8. The Morgan fingerprint density at radius 3 is 2.90 bits per heavy atom. The van der Waals surface area contributed by atoms with Crippen LogP contribution in [0, 0.1) is 0 Å². The van der Waals surface area contributed by atoms with Crippen molar-refractivity contribution in [2.24, 2.45) is 5.10 Å². The number of nitrogens with zero attached hydrogens (tertiary/aromatic N) is 3. The number of phenols is 1. The standard InChI is InChI=1S/C14H16N4O3/c1-3-21-11-6-4-5-10(12(11)19)9-17-18-13-14(20-2)16-8-7-15-13/h4-9,19H,3H2,1-2H3,(H,15,18)/b17-9+. The summed E-state index contributed by atoms with van der Waals surface area (Å²) in [6.07, 6.45) is 4.50. The van der Waals surface area contributed by atoms with E-state index >= 15 is 0 Å². The van der Waals surface area contributed by atoms with Gasteiger partial charge in [-0.2, -0.15) is 5.10 Å². The van der Waals surface area contributed by atoms with Crippen LogP contribution in [0.1, 0.15) is 12.5 Å². The van der Waals surface area contributed by atoms with Gasteiger partial charge in [-0.1, -0.05) is 6.07 Å². The highest BCUT2D eigenvalue weighted by Crippen LogP contribution is 2.28. The van der Waals surface area contributed by atoms with Gasteiger partial charge < -0.3 is 14.6 Å². The van der Waals surface area contributed by atoms with E-state index in [1.165, 1.54) is 25.7 Å². The molecular formula is C14H16N4O3. The first-order valence-electron chi connectivity index (χ1n) is 6.35. The van der Waals surface area contributed by atoms with Gasteiger partial charge in [0.1, 0.15) is 0 Å². The van der Waals surface area contributed by atoms with Crippen LogP contribution in [0.25, 0.3) is 0 Å². The number of hydrazone groups is 1. The lowest BCUT2D eigenvalue weighted by atomic mass is 10.2. The summed E-state index contributed by atoms with van der Waals surface area (Å²) in [5, 5.41) is 14.0. The van der Waals surface area contributed by atoms with Crippen LogP contribution in [-0.2, 0) is 0 Å². The zero-order chi connectivity index (χ0) is 15.1. The van der Waals surface area contributed by atoms with Crippen molar-refractivity contribution in [2.45, 2.75) is 6.92 Å². The van der Waals surface area contributed by atoms with Gasteiger partial charge >= 0.3 is 0 Å². The summed E-state index contributed by atoms with van der Waals surface area (Å²) >= 11 is 0. The summed E-state index contributed by atoms with van der Waals surface area (Å²) in [5.74, 6) is 1.17. The fourth-order valence-electron chi connectivity index (χ4n) is 1.63. The molecule has 0 spiro atoms. The molecule has 2 rings (SSSR count). The highest BCUT2D eigenvalue weighted by atomic mass is 16.5. The van der Waals surface area contributed by atoms with Crippen molar-refractivity contribution in [1.29, 1.82) is 0 Å². The zero-order valence-electron chi connectivity index (χ0n) is 11.8. The normalized spacial score (nSPS) is 10.6. The monoisotopic (exact) mass is 288 g/mol. The molecule has 0 amide bonds. The van der Waals surface area contributed by atoms with Crippen LogP contribution in [0.4, 0.5) is 5.82 Å². The lowest BCUT2D eigenvalue weighted by Crippen LogP contribution is -1.99. The number of para-hydroxylation sites is 1. The average Bonchev–Trinajstić information content (AvgIpc) is 2.51. The van der Waals surface area contributed by atoms with Gasteiger partial charge in [-0.05, 0) is 19.1 Å². The van der Waals surface area contributed by atoms with Gasteiger partial charge in [0, 0.05) is 18.0 Å². The van der Waals surface area contributed by atoms with Crippen LogP contribution < -0.4 is 14.9 Å². The number of aromatic nitrogens is 2. The molecule has 0 saturated carbocycles. The quantitative estimate of drug-likeness (QED) is 0.624. The van der Waals surface area contributed by atoms with E-state index in [0.29, 0.717) is 29.6 Å². The molecule has 2 aromatic rings. The van der Waals surface area contributed by atoms with Crippen LogP contribution in [0.5, 0.6) is 17.4 Å². The molecular weight excluding hydrogens is 272 g/mol. The minimum atomic E-state index is 0.0380. The van der Waals surface area contributed by atoms with Crippen molar-refractivity contribution in [1.82, 2.24) is 9.97 Å². The lowest BCUT2D eigenvalue weighted by Gasteiger charge is -2.07. The predicted octanol–water partition coefficient (Wildman–Crippen LogP) is 2.04. The number of hydrogen-bond acceptors (Lipinski definition) is 7. The van der Waals surface area contributed by atoms with Crippen LogP contribution >= 0.6 is 0 Å². The molecule has 0 aliphatic heterocycles. The number of rotatable bonds is 6. The second-order valence-electron chi connectivity index (χ2n) is 3.91. The fourth-order valence-corrected chi connectivity index (χ4v) is 1.63. The average molecular weight is 288 g/mol. The third-order valence-electron chi connectivity index (χ3n) is 2.56. The number of nitrogens with one attached hydrogen (secondary N) is 1. The van der Waals surface area contributed by atoms with E-state index in [9.17, 15) is 5.11 Å². The predicted molar refractivity (Wildman–Crippen MR) is 79.1 cm³/mol. The molecule has 0 fully saturated rings. The molecule has 1 heterocycles. The highest BCUT2D eigenvalue weighted by Gasteiger charge is 2.06. The van der Waals surface area contributed by atoms with Crippen LogP contribution in [0.15, 0.2) is 35.7 Å². The second-order valence-corrected chi connectivity index (χ2v) is 3.91. The van der Waals surface area contributed by atoms with Gasteiger partial charge in [-0.3, -0.25) is 5.43 Å². The van der Waals surface area contributed by atoms with Gasteiger partial charge in [-0.15, -0.1) is 0 Å². The number of anilines is 1. The number of methoxy groups -OCH3 is 1. The molecule has 1 aromatic carbocycles. The van der Waals surface area contributed by atoms with Crippen molar-refractivity contribution in [2.75, 3.05) is 19.1 Å². The third kappa shape index (κ3) is 3.59. The smallest absolute Gasteiger partial charge is 0.258 e. The number of phenolic OH excluding ortho intramolecular Hbond substituents is 1. The Kier molecular flexibility index (Phi) is 4.92. The van der Waals surface area contributed by atoms with Crippen molar-refractivity contribution >= 4 is 12.0 Å². The van der Waals surface area contributed by atoms with E-state index in [-0.39, 0.29) is 5.75 Å². The third-order valence-corrected chi connectivity index (χ3v) is 2.56. The molecule has 0 aliphatic rings. The molecule has 7 nitrogen and oxygen atoms in total. The molecule has 0 bridgehead atoms. The number of ether oxygens (including phenoxy) is 2. The summed E-state index contributed by atoms with van der Waals surface area (Å²) in [5.41, 5.74) is 3.23. The van der Waals surface area contributed by atoms with Crippen molar-refractivity contribution in [3.05, 3.63) is 36.2 Å². The van der Waals surface area contributed by atoms with E-state index in [2.05, 4.69) is 20.5 Å². The van der Waals surface area contributed by atoms with Crippen LogP contribution in [0.2, 0.25) is 0 Å². The minimum absolute atomic E-state index is 0.0380. The largest absolute Gasteiger partial charge is 0.504 e. The maximum Gasteiger partial charge on any atom is 0.258 e.